The molecule has 0 saturated carbocycles. The molecule has 0 bridgehead atoms. The molecule has 0 aliphatic rings. The first-order valence-corrected chi connectivity index (χ1v) is 6.86. The highest BCUT2D eigenvalue weighted by Gasteiger charge is 2.23. The smallest absolute Gasteiger partial charge is 0.343 e. The second-order valence-electron chi connectivity index (χ2n) is 4.64. The summed E-state index contributed by atoms with van der Waals surface area (Å²) >= 11 is 5.73. The minimum atomic E-state index is -0.476. The Kier molecular flexibility index (Phi) is 3.34. The van der Waals surface area contributed by atoms with Crippen molar-refractivity contribution in [1.82, 2.24) is 19.5 Å². The topological polar surface area (TPSA) is 89.6 Å². The highest BCUT2D eigenvalue weighted by Crippen LogP contribution is 2.24. The molecule has 2 aromatic heterocycles. The molecule has 0 aliphatic heterocycles. The molecular formula is C13H12ClN5O2. The predicted octanol–water partition coefficient (Wildman–Crippen LogP) is 2.88. The van der Waals surface area contributed by atoms with Crippen LogP contribution in [0.25, 0.3) is 22.7 Å². The van der Waals surface area contributed by atoms with Gasteiger partial charge in [-0.2, -0.15) is 0 Å². The van der Waals surface area contributed by atoms with Crippen LogP contribution in [0, 0.1) is 17.0 Å². The fraction of sp³-hybridized carbons (Fsp3) is 0.231. The van der Waals surface area contributed by atoms with E-state index in [0.29, 0.717) is 18.2 Å². The number of aromatic amines is 1. The van der Waals surface area contributed by atoms with Gasteiger partial charge < -0.3 is 15.1 Å². The molecule has 0 fully saturated rings. The van der Waals surface area contributed by atoms with Gasteiger partial charge in [0, 0.05) is 0 Å². The summed E-state index contributed by atoms with van der Waals surface area (Å²) in [6.07, 6.45) is 1.22. The molecule has 108 valence electrons. The van der Waals surface area contributed by atoms with E-state index >= 15 is 0 Å². The van der Waals surface area contributed by atoms with Gasteiger partial charge in [0.15, 0.2) is 5.82 Å². The Morgan fingerprint density at radius 3 is 3.00 bits per heavy atom. The van der Waals surface area contributed by atoms with E-state index in [1.807, 2.05) is 25.1 Å². The number of benzene rings is 1. The summed E-state index contributed by atoms with van der Waals surface area (Å²) in [4.78, 5) is 22.2. The fourth-order valence-electron chi connectivity index (χ4n) is 2.24. The highest BCUT2D eigenvalue weighted by atomic mass is 35.5. The lowest BCUT2D eigenvalue weighted by Crippen LogP contribution is -2.06. The lowest BCUT2D eigenvalue weighted by Gasteiger charge is -2.00. The summed E-state index contributed by atoms with van der Waals surface area (Å²) in [7, 11) is 0. The van der Waals surface area contributed by atoms with Crippen LogP contribution >= 0.6 is 11.6 Å². The van der Waals surface area contributed by atoms with Gasteiger partial charge in [0.05, 0.1) is 16.9 Å². The van der Waals surface area contributed by atoms with Crippen LogP contribution in [0.1, 0.15) is 5.56 Å². The number of H-pyrrole nitrogens is 1. The monoisotopic (exact) mass is 305 g/mol. The molecule has 0 radical (unpaired) electrons. The lowest BCUT2D eigenvalue weighted by atomic mass is 10.2. The average molecular weight is 306 g/mol. The Hall–Kier alpha value is -2.41. The second kappa shape index (κ2) is 5.17. The maximum Gasteiger partial charge on any atom is 0.343 e. The van der Waals surface area contributed by atoms with Gasteiger partial charge in [-0.15, -0.1) is 11.6 Å². The van der Waals surface area contributed by atoms with E-state index in [1.54, 1.807) is 0 Å². The molecule has 3 aromatic rings. The summed E-state index contributed by atoms with van der Waals surface area (Å²) in [5.41, 5.74) is 2.76. The molecule has 0 aliphatic carbocycles. The van der Waals surface area contributed by atoms with E-state index < -0.39 is 4.92 Å². The minimum absolute atomic E-state index is 0.0951. The lowest BCUT2D eigenvalue weighted by molar-refractivity contribution is -0.392. The van der Waals surface area contributed by atoms with Crippen LogP contribution in [0.15, 0.2) is 24.4 Å². The molecular weight excluding hydrogens is 294 g/mol. The van der Waals surface area contributed by atoms with Crippen LogP contribution in [0.4, 0.5) is 5.82 Å². The van der Waals surface area contributed by atoms with Crippen LogP contribution in [-0.2, 0) is 6.54 Å². The zero-order valence-electron chi connectivity index (χ0n) is 11.2. The third-order valence-electron chi connectivity index (χ3n) is 3.18. The third kappa shape index (κ3) is 2.36. The first kappa shape index (κ1) is 13.6. The van der Waals surface area contributed by atoms with Crippen molar-refractivity contribution in [3.8, 4) is 11.6 Å². The van der Waals surface area contributed by atoms with E-state index in [4.69, 9.17) is 11.6 Å². The largest absolute Gasteiger partial charge is 0.358 e. The summed E-state index contributed by atoms with van der Waals surface area (Å²) in [6, 6.07) is 5.82. The summed E-state index contributed by atoms with van der Waals surface area (Å²) in [5.74, 6) is 1.07. The standard InChI is InChI=1S/C13H12ClN5O2/c1-8-2-3-9-10(6-8)17-12(16-9)13-15-7-11(19(20)21)18(13)5-4-14/h2-3,6-7H,4-5H2,1H3,(H,16,17). The Bertz CT molecular complexity index is 823. The van der Waals surface area contributed by atoms with Gasteiger partial charge >= 0.3 is 5.82 Å². The molecule has 21 heavy (non-hydrogen) atoms. The van der Waals surface area contributed by atoms with Crippen molar-refractivity contribution >= 4 is 28.5 Å². The number of nitrogens with zero attached hydrogens (tertiary/aromatic N) is 4. The molecule has 8 heteroatoms. The van der Waals surface area contributed by atoms with Crippen LogP contribution in [0.5, 0.6) is 0 Å². The van der Waals surface area contributed by atoms with Crippen LogP contribution in [0.3, 0.4) is 0 Å². The van der Waals surface area contributed by atoms with Crippen molar-refractivity contribution in [2.75, 3.05) is 5.88 Å². The number of nitrogens with one attached hydrogen (secondary N) is 1. The summed E-state index contributed by atoms with van der Waals surface area (Å²) < 4.78 is 1.46. The van der Waals surface area contributed by atoms with Gasteiger partial charge in [-0.25, -0.2) is 14.5 Å². The average Bonchev–Trinajstić information content (AvgIpc) is 3.01. The zero-order valence-corrected chi connectivity index (χ0v) is 12.0. The van der Waals surface area contributed by atoms with E-state index in [1.165, 1.54) is 10.8 Å². The van der Waals surface area contributed by atoms with Crippen molar-refractivity contribution < 1.29 is 4.92 Å². The van der Waals surface area contributed by atoms with Crippen LogP contribution in [0.2, 0.25) is 0 Å². The first-order valence-electron chi connectivity index (χ1n) is 6.33. The van der Waals surface area contributed by atoms with Crippen molar-refractivity contribution in [3.05, 3.63) is 40.1 Å². The van der Waals surface area contributed by atoms with Crippen LogP contribution in [-0.4, -0.2) is 30.3 Å². The normalized spacial score (nSPS) is 11.1. The number of imidazole rings is 2. The molecule has 0 amide bonds. The Labute approximate surface area is 124 Å². The van der Waals surface area contributed by atoms with E-state index in [-0.39, 0.29) is 11.7 Å². The minimum Gasteiger partial charge on any atom is -0.358 e. The van der Waals surface area contributed by atoms with Crippen molar-refractivity contribution in [1.29, 1.82) is 0 Å². The molecule has 2 heterocycles. The number of rotatable bonds is 4. The Morgan fingerprint density at radius 1 is 1.48 bits per heavy atom. The molecule has 1 N–H and O–H groups in total. The molecule has 0 saturated heterocycles. The molecule has 1 aromatic carbocycles. The molecule has 0 unspecified atom stereocenters. The fourth-order valence-corrected chi connectivity index (χ4v) is 2.40. The van der Waals surface area contributed by atoms with Crippen molar-refractivity contribution in [2.45, 2.75) is 13.5 Å². The number of nitro groups is 1. The van der Waals surface area contributed by atoms with E-state index in [9.17, 15) is 10.1 Å². The number of fused-ring (bicyclic) bond motifs is 1. The van der Waals surface area contributed by atoms with Gasteiger partial charge in [0.25, 0.3) is 5.82 Å². The number of aromatic nitrogens is 4. The van der Waals surface area contributed by atoms with E-state index in [0.717, 1.165) is 16.6 Å². The summed E-state index contributed by atoms with van der Waals surface area (Å²) in [5, 5.41) is 11.0. The van der Waals surface area contributed by atoms with Gasteiger partial charge in [-0.3, -0.25) is 0 Å². The number of hydrogen-bond donors (Lipinski definition) is 1. The predicted molar refractivity (Wildman–Crippen MR) is 79.4 cm³/mol. The van der Waals surface area contributed by atoms with Crippen molar-refractivity contribution in [2.24, 2.45) is 0 Å². The van der Waals surface area contributed by atoms with Gasteiger partial charge in [-0.05, 0) is 29.5 Å². The van der Waals surface area contributed by atoms with Crippen molar-refractivity contribution in [3.63, 3.8) is 0 Å². The zero-order chi connectivity index (χ0) is 15.0. The van der Waals surface area contributed by atoms with Gasteiger partial charge in [-0.1, -0.05) is 6.07 Å². The summed E-state index contributed by atoms with van der Waals surface area (Å²) in [6.45, 7) is 2.28. The van der Waals surface area contributed by atoms with Crippen LogP contribution < -0.4 is 0 Å². The molecule has 0 atom stereocenters. The Morgan fingerprint density at radius 2 is 2.29 bits per heavy atom. The SMILES string of the molecule is Cc1ccc2nc(-c3ncc([N+](=O)[O-])n3CCCl)[nH]c2c1. The number of halogens is 1. The molecule has 0 spiro atoms. The maximum absolute atomic E-state index is 11.0. The van der Waals surface area contributed by atoms with E-state index in [2.05, 4.69) is 15.0 Å². The highest BCUT2D eigenvalue weighted by molar-refractivity contribution is 6.17. The number of aryl methyl sites for hydroxylation is 1. The maximum atomic E-state index is 11.0. The number of hydrogen-bond acceptors (Lipinski definition) is 4. The molecule has 7 nitrogen and oxygen atoms in total. The third-order valence-corrected chi connectivity index (χ3v) is 3.35. The second-order valence-corrected chi connectivity index (χ2v) is 5.02. The van der Waals surface area contributed by atoms with Gasteiger partial charge in [0.1, 0.15) is 12.7 Å². The Balaban J connectivity index is 2.15. The first-order chi connectivity index (χ1) is 10.1. The number of alkyl halides is 1. The molecule has 3 rings (SSSR count). The van der Waals surface area contributed by atoms with Gasteiger partial charge in [0.2, 0.25) is 0 Å². The quantitative estimate of drug-likeness (QED) is 0.456.